The first kappa shape index (κ1) is 12.0. The smallest absolute Gasteiger partial charge is 0.269 e. The number of halogens is 2. The molecule has 0 fully saturated rings. The van der Waals surface area contributed by atoms with Crippen LogP contribution in [0.1, 0.15) is 5.56 Å². The number of hydrogen-bond donors (Lipinski definition) is 2. The molecule has 0 amide bonds. The molecule has 1 heterocycles. The van der Waals surface area contributed by atoms with Crippen LogP contribution < -0.4 is 11.3 Å². The Kier molecular flexibility index (Phi) is 3.13. The van der Waals surface area contributed by atoms with E-state index in [0.717, 1.165) is 11.1 Å². The maximum atomic E-state index is 11.5. The Bertz CT molecular complexity index is 618. The fourth-order valence-corrected chi connectivity index (χ4v) is 1.94. The molecule has 0 radical (unpaired) electrons. The average Bonchev–Trinajstić information content (AvgIpc) is 2.32. The molecule has 0 saturated carbocycles. The van der Waals surface area contributed by atoms with Gasteiger partial charge in [-0.3, -0.25) is 4.79 Å². The Morgan fingerprint density at radius 2 is 1.71 bits per heavy atom. The van der Waals surface area contributed by atoms with Crippen molar-refractivity contribution in [1.29, 1.82) is 0 Å². The lowest BCUT2D eigenvalue weighted by atomic mass is 10.1. The summed E-state index contributed by atoms with van der Waals surface area (Å²) in [6, 6.07) is 7.57. The van der Waals surface area contributed by atoms with Crippen molar-refractivity contribution >= 4 is 28.9 Å². The number of hydrogen-bond acceptors (Lipinski definition) is 2. The Hall–Kier alpha value is -1.45. The highest BCUT2D eigenvalue weighted by Gasteiger charge is 2.13. The summed E-state index contributed by atoms with van der Waals surface area (Å²) in [5, 5.41) is 0.185. The molecule has 3 nitrogen and oxygen atoms in total. The second kappa shape index (κ2) is 4.43. The summed E-state index contributed by atoms with van der Waals surface area (Å²) >= 11 is 11.8. The van der Waals surface area contributed by atoms with Crippen LogP contribution in [0.3, 0.4) is 0 Å². The first-order chi connectivity index (χ1) is 8.00. The Morgan fingerprint density at radius 1 is 1.12 bits per heavy atom. The van der Waals surface area contributed by atoms with Gasteiger partial charge in [-0.25, -0.2) is 0 Å². The lowest BCUT2D eigenvalue weighted by Crippen LogP contribution is -2.11. The van der Waals surface area contributed by atoms with Crippen LogP contribution in [0.2, 0.25) is 10.0 Å². The van der Waals surface area contributed by atoms with Gasteiger partial charge in [-0.2, -0.15) is 0 Å². The van der Waals surface area contributed by atoms with E-state index < -0.39 is 5.56 Å². The molecule has 0 saturated heterocycles. The van der Waals surface area contributed by atoms with Crippen molar-refractivity contribution in [3.8, 4) is 11.3 Å². The number of anilines is 1. The summed E-state index contributed by atoms with van der Waals surface area (Å²) in [6.45, 7) is 1.98. The van der Waals surface area contributed by atoms with Crippen LogP contribution >= 0.6 is 23.2 Å². The number of aromatic nitrogens is 1. The van der Waals surface area contributed by atoms with Crippen LogP contribution in [-0.2, 0) is 0 Å². The molecule has 0 aliphatic heterocycles. The molecule has 0 aliphatic rings. The molecule has 88 valence electrons. The van der Waals surface area contributed by atoms with Crippen molar-refractivity contribution in [1.82, 2.24) is 4.98 Å². The fraction of sp³-hybridized carbons (Fsp3) is 0.0833. The second-order valence-electron chi connectivity index (χ2n) is 3.74. The summed E-state index contributed by atoms with van der Waals surface area (Å²) in [7, 11) is 0. The van der Waals surface area contributed by atoms with E-state index in [1.807, 2.05) is 31.2 Å². The topological polar surface area (TPSA) is 58.9 Å². The monoisotopic (exact) mass is 268 g/mol. The van der Waals surface area contributed by atoms with E-state index >= 15 is 0 Å². The van der Waals surface area contributed by atoms with E-state index in [1.165, 1.54) is 0 Å². The number of nitrogens with one attached hydrogen (secondary N) is 1. The van der Waals surface area contributed by atoms with Crippen LogP contribution in [-0.4, -0.2) is 4.98 Å². The molecule has 0 spiro atoms. The summed E-state index contributed by atoms with van der Waals surface area (Å²) in [6.07, 6.45) is 0. The molecule has 0 atom stereocenters. The van der Waals surface area contributed by atoms with Gasteiger partial charge in [0.15, 0.2) is 0 Å². The Morgan fingerprint density at radius 3 is 2.29 bits per heavy atom. The maximum absolute atomic E-state index is 11.5. The van der Waals surface area contributed by atoms with Gasteiger partial charge in [0.1, 0.15) is 5.02 Å². The highest BCUT2D eigenvalue weighted by molar-refractivity contribution is 6.40. The van der Waals surface area contributed by atoms with Gasteiger partial charge >= 0.3 is 0 Å². The van der Waals surface area contributed by atoms with Crippen LogP contribution in [0.25, 0.3) is 11.3 Å². The summed E-state index contributed by atoms with van der Waals surface area (Å²) in [5.74, 6) is 0. The number of nitrogen functional groups attached to an aromatic ring is 1. The van der Waals surface area contributed by atoms with Gasteiger partial charge < -0.3 is 10.7 Å². The summed E-state index contributed by atoms with van der Waals surface area (Å²) < 4.78 is 0. The minimum Gasteiger partial charge on any atom is -0.396 e. The van der Waals surface area contributed by atoms with Crippen LogP contribution in [0.15, 0.2) is 29.1 Å². The minimum absolute atomic E-state index is 0.0779. The molecule has 17 heavy (non-hydrogen) atoms. The molecular formula is C12H10Cl2N2O. The maximum Gasteiger partial charge on any atom is 0.269 e. The van der Waals surface area contributed by atoms with E-state index in [0.29, 0.717) is 5.69 Å². The van der Waals surface area contributed by atoms with E-state index in [1.54, 1.807) is 0 Å². The number of pyridine rings is 1. The zero-order valence-electron chi connectivity index (χ0n) is 9.05. The largest absolute Gasteiger partial charge is 0.396 e. The standard InChI is InChI=1S/C12H10Cl2N2O/c1-6-2-4-7(5-3-6)11-8(13)10(15)9(14)12(17)16-11/h2-5H,1H3,(H3,15,16,17). The van der Waals surface area contributed by atoms with Crippen LogP contribution in [0.5, 0.6) is 0 Å². The van der Waals surface area contributed by atoms with Gasteiger partial charge in [-0.1, -0.05) is 53.0 Å². The molecule has 5 heteroatoms. The fourth-order valence-electron chi connectivity index (χ4n) is 1.50. The van der Waals surface area contributed by atoms with Crippen LogP contribution in [0.4, 0.5) is 5.69 Å². The number of aromatic amines is 1. The first-order valence-corrected chi connectivity index (χ1v) is 5.70. The molecule has 1 aromatic heterocycles. The van der Waals surface area contributed by atoms with Gasteiger partial charge in [0.2, 0.25) is 0 Å². The van der Waals surface area contributed by atoms with Gasteiger partial charge in [-0.15, -0.1) is 0 Å². The van der Waals surface area contributed by atoms with Crippen molar-refractivity contribution in [3.05, 3.63) is 50.2 Å². The molecule has 2 aromatic rings. The van der Waals surface area contributed by atoms with Gasteiger partial charge in [0.05, 0.1) is 16.4 Å². The normalized spacial score (nSPS) is 10.5. The van der Waals surface area contributed by atoms with E-state index in [9.17, 15) is 4.79 Å². The Balaban J connectivity index is 2.68. The highest BCUT2D eigenvalue weighted by atomic mass is 35.5. The third-order valence-electron chi connectivity index (χ3n) is 2.47. The summed E-state index contributed by atoms with van der Waals surface area (Å²) in [4.78, 5) is 14.1. The minimum atomic E-state index is -0.441. The van der Waals surface area contributed by atoms with E-state index in [4.69, 9.17) is 28.9 Å². The number of benzene rings is 1. The third kappa shape index (κ3) is 2.16. The third-order valence-corrected chi connectivity index (χ3v) is 3.24. The van der Waals surface area contributed by atoms with Crippen LogP contribution in [0, 0.1) is 6.92 Å². The van der Waals surface area contributed by atoms with Crippen molar-refractivity contribution < 1.29 is 0 Å². The number of rotatable bonds is 1. The van der Waals surface area contributed by atoms with Gasteiger partial charge in [-0.05, 0) is 12.5 Å². The lowest BCUT2D eigenvalue weighted by molar-refractivity contribution is 1.24. The zero-order valence-corrected chi connectivity index (χ0v) is 10.6. The van der Waals surface area contributed by atoms with E-state index in [2.05, 4.69) is 4.98 Å². The second-order valence-corrected chi connectivity index (χ2v) is 4.49. The lowest BCUT2D eigenvalue weighted by Gasteiger charge is -2.08. The van der Waals surface area contributed by atoms with Crippen molar-refractivity contribution in [2.24, 2.45) is 0 Å². The predicted molar refractivity (Wildman–Crippen MR) is 71.7 cm³/mol. The first-order valence-electron chi connectivity index (χ1n) is 4.94. The molecule has 3 N–H and O–H groups in total. The van der Waals surface area contributed by atoms with Gasteiger partial charge in [0.25, 0.3) is 5.56 Å². The average molecular weight is 269 g/mol. The predicted octanol–water partition coefficient (Wildman–Crippen LogP) is 3.24. The van der Waals surface area contributed by atoms with E-state index in [-0.39, 0.29) is 15.7 Å². The van der Waals surface area contributed by atoms with Gasteiger partial charge in [0, 0.05) is 0 Å². The summed E-state index contributed by atoms with van der Waals surface area (Å²) in [5.41, 5.74) is 7.73. The highest BCUT2D eigenvalue weighted by Crippen LogP contribution is 2.32. The number of aryl methyl sites for hydroxylation is 1. The number of nitrogens with two attached hydrogens (primary N) is 1. The molecule has 2 rings (SSSR count). The quantitative estimate of drug-likeness (QED) is 0.834. The molecule has 0 unspecified atom stereocenters. The Labute approximate surface area is 108 Å². The molecule has 0 bridgehead atoms. The molecule has 1 aromatic carbocycles. The van der Waals surface area contributed by atoms with Crippen molar-refractivity contribution in [2.45, 2.75) is 6.92 Å². The zero-order chi connectivity index (χ0) is 12.6. The molecular weight excluding hydrogens is 259 g/mol. The molecule has 0 aliphatic carbocycles. The number of H-pyrrole nitrogens is 1. The van der Waals surface area contributed by atoms with Crippen molar-refractivity contribution in [3.63, 3.8) is 0 Å². The van der Waals surface area contributed by atoms with Crippen molar-refractivity contribution in [2.75, 3.05) is 5.73 Å². The SMILES string of the molecule is Cc1ccc(-c2[nH]c(=O)c(Cl)c(N)c2Cl)cc1.